The molecule has 0 spiro atoms. The molecular formula is C19H24N4O2. The van der Waals surface area contributed by atoms with Crippen LogP contribution in [0.1, 0.15) is 24.8 Å². The Bertz CT molecular complexity index is 755. The van der Waals surface area contributed by atoms with Crippen LogP contribution in [0.3, 0.4) is 0 Å². The number of methoxy groups -OCH3 is 1. The molecule has 132 valence electrons. The number of hydrogen-bond donors (Lipinski definition) is 0. The number of aryl methyl sites for hydroxylation is 1. The largest absolute Gasteiger partial charge is 0.497 e. The summed E-state index contributed by atoms with van der Waals surface area (Å²) >= 11 is 0. The lowest BCUT2D eigenvalue weighted by molar-refractivity contribution is -0.120. The number of likely N-dealkylation sites (tertiary alicyclic amines) is 1. The van der Waals surface area contributed by atoms with Crippen LogP contribution in [0.15, 0.2) is 36.7 Å². The number of piperidine rings is 1. The number of anilines is 1. The Labute approximate surface area is 148 Å². The number of aromatic nitrogens is 2. The number of carbonyl (C=O) groups is 1. The van der Waals surface area contributed by atoms with Gasteiger partial charge in [0.2, 0.25) is 5.91 Å². The summed E-state index contributed by atoms with van der Waals surface area (Å²) in [6, 6.07) is 8.94. The van der Waals surface area contributed by atoms with E-state index in [-0.39, 0.29) is 11.9 Å². The van der Waals surface area contributed by atoms with Gasteiger partial charge in [-0.05, 0) is 30.5 Å². The highest BCUT2D eigenvalue weighted by molar-refractivity contribution is 5.94. The van der Waals surface area contributed by atoms with Crippen molar-refractivity contribution in [3.8, 4) is 5.75 Å². The van der Waals surface area contributed by atoms with E-state index in [9.17, 15) is 4.79 Å². The zero-order valence-corrected chi connectivity index (χ0v) is 14.8. The number of benzene rings is 1. The smallest absolute Gasteiger partial charge is 0.227 e. The molecule has 2 aliphatic heterocycles. The summed E-state index contributed by atoms with van der Waals surface area (Å²) in [6.07, 6.45) is 6.30. The summed E-state index contributed by atoms with van der Waals surface area (Å²) < 4.78 is 7.00. The van der Waals surface area contributed by atoms with Crippen molar-refractivity contribution in [2.75, 3.05) is 18.6 Å². The Morgan fingerprint density at radius 2 is 2.00 bits per heavy atom. The molecule has 6 nitrogen and oxygen atoms in total. The number of nitrogens with zero attached hydrogens (tertiary/aromatic N) is 4. The molecule has 2 aliphatic rings. The van der Waals surface area contributed by atoms with Crippen molar-refractivity contribution in [2.24, 2.45) is 7.05 Å². The molecule has 0 radical (unpaired) electrons. The number of fused-ring (bicyclic) bond motifs is 1. The molecular weight excluding hydrogens is 316 g/mol. The van der Waals surface area contributed by atoms with Crippen molar-refractivity contribution in [3.05, 3.63) is 42.2 Å². The normalized spacial score (nSPS) is 23.8. The maximum atomic E-state index is 12.5. The fourth-order valence-corrected chi connectivity index (χ4v) is 4.18. The molecule has 0 N–H and O–H groups in total. The Morgan fingerprint density at radius 1 is 1.20 bits per heavy atom. The number of hydrogen-bond acceptors (Lipinski definition) is 4. The van der Waals surface area contributed by atoms with Crippen molar-refractivity contribution in [1.29, 1.82) is 0 Å². The topological polar surface area (TPSA) is 50.6 Å². The van der Waals surface area contributed by atoms with Crippen LogP contribution >= 0.6 is 0 Å². The van der Waals surface area contributed by atoms with Crippen LogP contribution in [0.4, 0.5) is 5.69 Å². The van der Waals surface area contributed by atoms with Gasteiger partial charge in [-0.3, -0.25) is 14.4 Å². The maximum Gasteiger partial charge on any atom is 0.227 e. The van der Waals surface area contributed by atoms with Crippen LogP contribution in [-0.4, -0.2) is 46.3 Å². The van der Waals surface area contributed by atoms with E-state index < -0.39 is 0 Å². The molecule has 3 heterocycles. The van der Waals surface area contributed by atoms with Gasteiger partial charge in [0.05, 0.1) is 25.0 Å². The summed E-state index contributed by atoms with van der Waals surface area (Å²) in [7, 11) is 3.58. The van der Waals surface area contributed by atoms with Crippen LogP contribution in [-0.2, 0) is 18.4 Å². The van der Waals surface area contributed by atoms with Crippen molar-refractivity contribution in [1.82, 2.24) is 14.7 Å². The van der Waals surface area contributed by atoms with Gasteiger partial charge >= 0.3 is 0 Å². The average Bonchev–Trinajstić information content (AvgIpc) is 3.22. The second-order valence-corrected chi connectivity index (χ2v) is 6.92. The van der Waals surface area contributed by atoms with Crippen molar-refractivity contribution in [3.63, 3.8) is 0 Å². The van der Waals surface area contributed by atoms with Gasteiger partial charge < -0.3 is 9.64 Å². The van der Waals surface area contributed by atoms with Crippen LogP contribution in [0, 0.1) is 0 Å². The molecule has 2 fully saturated rings. The van der Waals surface area contributed by atoms with Crippen molar-refractivity contribution in [2.45, 2.75) is 37.9 Å². The first-order valence-corrected chi connectivity index (χ1v) is 8.83. The van der Waals surface area contributed by atoms with E-state index >= 15 is 0 Å². The van der Waals surface area contributed by atoms with Gasteiger partial charge in [0.25, 0.3) is 0 Å². The number of carbonyl (C=O) groups excluding carboxylic acids is 1. The predicted octanol–water partition coefficient (Wildman–Crippen LogP) is 2.20. The zero-order chi connectivity index (χ0) is 17.4. The van der Waals surface area contributed by atoms with E-state index in [0.717, 1.165) is 37.4 Å². The summed E-state index contributed by atoms with van der Waals surface area (Å²) in [5.74, 6) is 1.11. The molecule has 6 heteroatoms. The first kappa shape index (κ1) is 16.1. The summed E-state index contributed by atoms with van der Waals surface area (Å²) in [6.45, 7) is 1.94. The van der Waals surface area contributed by atoms with Gasteiger partial charge in [0.15, 0.2) is 0 Å². The maximum absolute atomic E-state index is 12.5. The first-order chi connectivity index (χ1) is 12.2. The van der Waals surface area contributed by atoms with Gasteiger partial charge in [-0.1, -0.05) is 12.1 Å². The second kappa shape index (κ2) is 6.52. The fourth-order valence-electron chi connectivity index (χ4n) is 4.18. The van der Waals surface area contributed by atoms with Crippen LogP contribution < -0.4 is 9.64 Å². The minimum atomic E-state index is 0.223. The zero-order valence-electron chi connectivity index (χ0n) is 14.8. The van der Waals surface area contributed by atoms with Crippen LogP contribution in [0.5, 0.6) is 5.75 Å². The minimum absolute atomic E-state index is 0.223. The highest BCUT2D eigenvalue weighted by Gasteiger charge is 2.43. The van der Waals surface area contributed by atoms with Gasteiger partial charge in [0.1, 0.15) is 5.75 Å². The van der Waals surface area contributed by atoms with Crippen molar-refractivity contribution < 1.29 is 9.53 Å². The third-order valence-corrected chi connectivity index (χ3v) is 5.39. The Balaban J connectivity index is 1.51. The van der Waals surface area contributed by atoms with E-state index in [1.807, 2.05) is 30.3 Å². The predicted molar refractivity (Wildman–Crippen MR) is 95.5 cm³/mol. The highest BCUT2D eigenvalue weighted by atomic mass is 16.5. The monoisotopic (exact) mass is 340 g/mol. The SMILES string of the molecule is COc1ccc(CN2CC[C@@H]3[C@H]2CCC(=O)N3c2cnn(C)c2)cc1. The molecule has 0 bridgehead atoms. The molecule has 0 unspecified atom stereocenters. The van der Waals surface area contributed by atoms with Gasteiger partial charge in [0, 0.05) is 38.8 Å². The number of rotatable bonds is 4. The molecule has 0 aliphatic carbocycles. The molecule has 2 saturated heterocycles. The van der Waals surface area contributed by atoms with E-state index in [0.29, 0.717) is 12.5 Å². The average molecular weight is 340 g/mol. The first-order valence-electron chi connectivity index (χ1n) is 8.83. The van der Waals surface area contributed by atoms with Crippen molar-refractivity contribution >= 4 is 11.6 Å². The van der Waals surface area contributed by atoms with E-state index in [1.54, 1.807) is 18.0 Å². The molecule has 25 heavy (non-hydrogen) atoms. The molecule has 1 aromatic heterocycles. The quantitative estimate of drug-likeness (QED) is 0.856. The molecule has 1 aromatic carbocycles. The summed E-state index contributed by atoms with van der Waals surface area (Å²) in [4.78, 5) is 17.0. The van der Waals surface area contributed by atoms with E-state index in [2.05, 4.69) is 22.1 Å². The van der Waals surface area contributed by atoms with Gasteiger partial charge in [-0.25, -0.2) is 0 Å². The molecule has 0 saturated carbocycles. The number of amides is 1. The van der Waals surface area contributed by atoms with Crippen LogP contribution in [0.25, 0.3) is 0 Å². The second-order valence-electron chi connectivity index (χ2n) is 6.92. The summed E-state index contributed by atoms with van der Waals surface area (Å²) in [5.41, 5.74) is 2.21. The highest BCUT2D eigenvalue weighted by Crippen LogP contribution is 2.35. The molecule has 4 rings (SSSR count). The lowest BCUT2D eigenvalue weighted by atomic mass is 9.95. The Hall–Kier alpha value is -2.34. The Morgan fingerprint density at radius 3 is 2.68 bits per heavy atom. The standard InChI is InChI=1S/C19H24N4O2/c1-21-13-15(11-20-21)23-18-9-10-22(17(18)7-8-19(23)24)12-14-3-5-16(25-2)6-4-14/h3-6,11,13,17-18H,7-10,12H2,1-2H3/t17-,18-/m1/s1. The fraction of sp³-hybridized carbons (Fsp3) is 0.474. The molecule has 2 atom stereocenters. The minimum Gasteiger partial charge on any atom is -0.497 e. The third-order valence-electron chi connectivity index (χ3n) is 5.39. The Kier molecular flexibility index (Phi) is 4.21. The lowest BCUT2D eigenvalue weighted by Gasteiger charge is -2.39. The lowest BCUT2D eigenvalue weighted by Crippen LogP contribution is -2.52. The third kappa shape index (κ3) is 3.02. The van der Waals surface area contributed by atoms with Gasteiger partial charge in [-0.15, -0.1) is 0 Å². The van der Waals surface area contributed by atoms with E-state index in [4.69, 9.17) is 4.74 Å². The van der Waals surface area contributed by atoms with Crippen LogP contribution in [0.2, 0.25) is 0 Å². The van der Waals surface area contributed by atoms with Gasteiger partial charge in [-0.2, -0.15) is 5.10 Å². The van der Waals surface area contributed by atoms with E-state index in [1.165, 1.54) is 5.56 Å². The molecule has 2 aromatic rings. The molecule has 1 amide bonds. The number of ether oxygens (including phenoxy) is 1. The summed E-state index contributed by atoms with van der Waals surface area (Å²) in [5, 5.41) is 4.24.